The van der Waals surface area contributed by atoms with Crippen molar-refractivity contribution in [3.05, 3.63) is 41.3 Å². The quantitative estimate of drug-likeness (QED) is 0.667. The lowest BCUT2D eigenvalue weighted by Gasteiger charge is -2.09. The highest BCUT2D eigenvalue weighted by molar-refractivity contribution is 7.17. The van der Waals surface area contributed by atoms with Crippen LogP contribution >= 0.6 is 11.3 Å². The minimum Gasteiger partial charge on any atom is -0.294 e. The fourth-order valence-corrected chi connectivity index (χ4v) is 3.81. The first-order valence-corrected chi connectivity index (χ1v) is 7.13. The van der Waals surface area contributed by atoms with Gasteiger partial charge in [-0.2, -0.15) is 0 Å². The maximum Gasteiger partial charge on any atom is 0.194 e. The molecule has 0 amide bonds. The summed E-state index contributed by atoms with van der Waals surface area (Å²) in [6, 6.07) is 4.02. The average molecular weight is 255 g/mol. The third kappa shape index (κ3) is 1.49. The second-order valence-corrected chi connectivity index (χ2v) is 5.76. The predicted octanol–water partition coefficient (Wildman–Crippen LogP) is 3.34. The lowest BCUT2D eigenvalue weighted by molar-refractivity contribution is 0.674. The zero-order valence-electron chi connectivity index (χ0n) is 9.97. The van der Waals surface area contributed by atoms with Gasteiger partial charge in [0.25, 0.3) is 0 Å². The summed E-state index contributed by atoms with van der Waals surface area (Å²) in [6.45, 7) is 0. The Balaban J connectivity index is 1.88. The Kier molecular flexibility index (Phi) is 2.23. The summed E-state index contributed by atoms with van der Waals surface area (Å²) in [6.07, 6.45) is 10.9. The van der Waals surface area contributed by atoms with Crippen molar-refractivity contribution >= 4 is 16.3 Å². The molecule has 0 aliphatic heterocycles. The second-order valence-electron chi connectivity index (χ2n) is 4.70. The maximum atomic E-state index is 4.73. The lowest BCUT2D eigenvalue weighted by atomic mass is 10.0. The smallest absolute Gasteiger partial charge is 0.194 e. The third-order valence-corrected chi connectivity index (χ3v) is 4.68. The molecule has 1 aliphatic carbocycles. The topological polar surface area (TPSA) is 30.2 Å². The van der Waals surface area contributed by atoms with Gasteiger partial charge in [-0.1, -0.05) is 0 Å². The molecule has 0 saturated heterocycles. The summed E-state index contributed by atoms with van der Waals surface area (Å²) in [7, 11) is 0. The fraction of sp³-hybridized carbons (Fsp3) is 0.286. The van der Waals surface area contributed by atoms with Crippen molar-refractivity contribution in [1.29, 1.82) is 0 Å². The van der Waals surface area contributed by atoms with Crippen molar-refractivity contribution in [2.24, 2.45) is 0 Å². The Morgan fingerprint density at radius 3 is 3.06 bits per heavy atom. The molecule has 4 rings (SSSR count). The summed E-state index contributed by atoms with van der Waals surface area (Å²) in [5.41, 5.74) is 3.60. The highest BCUT2D eigenvalue weighted by Crippen LogP contribution is 2.31. The summed E-state index contributed by atoms with van der Waals surface area (Å²) >= 11 is 1.85. The first kappa shape index (κ1) is 10.3. The highest BCUT2D eigenvalue weighted by Gasteiger charge is 2.17. The molecule has 0 aromatic carbocycles. The van der Waals surface area contributed by atoms with Gasteiger partial charge in [0.2, 0.25) is 0 Å². The molecule has 3 nitrogen and oxygen atoms in total. The number of imidazole rings is 1. The summed E-state index contributed by atoms with van der Waals surface area (Å²) in [5, 5.41) is 0. The van der Waals surface area contributed by atoms with Crippen LogP contribution in [0.15, 0.2) is 30.7 Å². The molecule has 0 fully saturated rings. The Hall–Kier alpha value is -1.68. The van der Waals surface area contributed by atoms with Crippen molar-refractivity contribution in [2.75, 3.05) is 0 Å². The van der Waals surface area contributed by atoms with Gasteiger partial charge in [-0.05, 0) is 37.8 Å². The molecule has 4 heteroatoms. The minimum atomic E-state index is 1.03. The third-order valence-electron chi connectivity index (χ3n) is 3.53. The number of nitrogens with zero attached hydrogens (tertiary/aromatic N) is 3. The van der Waals surface area contributed by atoms with Crippen LogP contribution in [0, 0.1) is 0 Å². The van der Waals surface area contributed by atoms with Gasteiger partial charge in [0, 0.05) is 34.7 Å². The van der Waals surface area contributed by atoms with Crippen LogP contribution in [0.3, 0.4) is 0 Å². The first-order chi connectivity index (χ1) is 8.92. The van der Waals surface area contributed by atoms with Gasteiger partial charge in [-0.15, -0.1) is 11.3 Å². The molecule has 0 unspecified atom stereocenters. The number of thiazole rings is 1. The molecule has 0 spiro atoms. The van der Waals surface area contributed by atoms with E-state index in [1.165, 1.54) is 36.3 Å². The van der Waals surface area contributed by atoms with E-state index in [-0.39, 0.29) is 0 Å². The van der Waals surface area contributed by atoms with Gasteiger partial charge in [0.1, 0.15) is 0 Å². The van der Waals surface area contributed by atoms with Gasteiger partial charge in [-0.3, -0.25) is 9.38 Å². The number of hydrogen-bond donors (Lipinski definition) is 0. The van der Waals surface area contributed by atoms with Gasteiger partial charge in [0.15, 0.2) is 4.96 Å². The Labute approximate surface area is 109 Å². The molecule has 3 aromatic heterocycles. The van der Waals surface area contributed by atoms with Gasteiger partial charge in [-0.25, -0.2) is 4.98 Å². The maximum absolute atomic E-state index is 4.73. The molecule has 0 atom stereocenters. The van der Waals surface area contributed by atoms with E-state index in [1.807, 2.05) is 23.6 Å². The first-order valence-electron chi connectivity index (χ1n) is 6.32. The van der Waals surface area contributed by atoms with E-state index in [0.29, 0.717) is 0 Å². The molecule has 3 aromatic rings. The van der Waals surface area contributed by atoms with Crippen LogP contribution in [0.25, 0.3) is 16.2 Å². The molecule has 0 saturated carbocycles. The molecule has 0 bridgehead atoms. The molecule has 0 N–H and O–H groups in total. The van der Waals surface area contributed by atoms with Crippen LogP contribution in [-0.2, 0) is 12.8 Å². The Bertz CT molecular complexity index is 696. The molecule has 0 radical (unpaired) electrons. The average Bonchev–Trinajstić information content (AvgIpc) is 2.97. The SMILES string of the molecule is c1cncc(-c2cn3c4c(sc3n2)CCCC4)c1. The zero-order chi connectivity index (χ0) is 11.9. The van der Waals surface area contributed by atoms with E-state index in [2.05, 4.69) is 21.6 Å². The largest absolute Gasteiger partial charge is 0.294 e. The number of aryl methyl sites for hydroxylation is 2. The summed E-state index contributed by atoms with van der Waals surface area (Å²) in [4.78, 5) is 11.5. The van der Waals surface area contributed by atoms with E-state index in [4.69, 9.17) is 4.98 Å². The van der Waals surface area contributed by atoms with E-state index in [9.17, 15) is 0 Å². The number of pyridine rings is 1. The molecular formula is C14H13N3S. The lowest BCUT2D eigenvalue weighted by Crippen LogP contribution is -2.01. The molecule has 3 heterocycles. The number of rotatable bonds is 1. The van der Waals surface area contributed by atoms with Crippen molar-refractivity contribution in [1.82, 2.24) is 14.4 Å². The number of fused-ring (bicyclic) bond motifs is 3. The van der Waals surface area contributed by atoms with Crippen molar-refractivity contribution < 1.29 is 0 Å². The van der Waals surface area contributed by atoms with Crippen LogP contribution in [0.5, 0.6) is 0 Å². The zero-order valence-corrected chi connectivity index (χ0v) is 10.8. The van der Waals surface area contributed by atoms with E-state index in [1.54, 1.807) is 6.20 Å². The number of hydrogen-bond acceptors (Lipinski definition) is 3. The van der Waals surface area contributed by atoms with Crippen molar-refractivity contribution in [3.8, 4) is 11.3 Å². The normalized spacial score (nSPS) is 14.9. The van der Waals surface area contributed by atoms with Crippen LogP contribution in [0.4, 0.5) is 0 Å². The predicted molar refractivity (Wildman–Crippen MR) is 72.9 cm³/mol. The van der Waals surface area contributed by atoms with Crippen LogP contribution in [0.2, 0.25) is 0 Å². The van der Waals surface area contributed by atoms with Gasteiger partial charge in [0.05, 0.1) is 5.69 Å². The Morgan fingerprint density at radius 1 is 1.22 bits per heavy atom. The van der Waals surface area contributed by atoms with Crippen LogP contribution in [-0.4, -0.2) is 14.4 Å². The van der Waals surface area contributed by atoms with Crippen LogP contribution in [0.1, 0.15) is 23.4 Å². The Morgan fingerprint density at radius 2 is 2.17 bits per heavy atom. The van der Waals surface area contributed by atoms with Gasteiger partial charge < -0.3 is 0 Å². The minimum absolute atomic E-state index is 1.03. The van der Waals surface area contributed by atoms with Gasteiger partial charge >= 0.3 is 0 Å². The van der Waals surface area contributed by atoms with E-state index in [0.717, 1.165) is 16.2 Å². The monoisotopic (exact) mass is 255 g/mol. The summed E-state index contributed by atoms with van der Waals surface area (Å²) < 4.78 is 2.28. The highest BCUT2D eigenvalue weighted by atomic mass is 32.1. The van der Waals surface area contributed by atoms with Crippen LogP contribution < -0.4 is 0 Å². The number of aromatic nitrogens is 3. The molecular weight excluding hydrogens is 242 g/mol. The van der Waals surface area contributed by atoms with Crippen molar-refractivity contribution in [3.63, 3.8) is 0 Å². The molecule has 1 aliphatic rings. The molecule has 18 heavy (non-hydrogen) atoms. The fourth-order valence-electron chi connectivity index (χ4n) is 2.62. The van der Waals surface area contributed by atoms with E-state index >= 15 is 0 Å². The van der Waals surface area contributed by atoms with Crippen molar-refractivity contribution in [2.45, 2.75) is 25.7 Å². The standard InChI is InChI=1S/C14H13N3S/c1-2-6-13-12(5-1)17-9-11(16-14(17)18-13)10-4-3-7-15-8-10/h3-4,7-9H,1-2,5-6H2. The van der Waals surface area contributed by atoms with E-state index < -0.39 is 0 Å². The molecule has 90 valence electrons. The summed E-state index contributed by atoms with van der Waals surface area (Å²) in [5.74, 6) is 0. The second kappa shape index (κ2) is 3.92.